The fourth-order valence-electron chi connectivity index (χ4n) is 1.50. The Morgan fingerprint density at radius 3 is 3.00 bits per heavy atom. The first-order valence-corrected chi connectivity index (χ1v) is 5.52. The Bertz CT molecular complexity index is 391. The summed E-state index contributed by atoms with van der Waals surface area (Å²) >= 11 is 0. The molecule has 0 saturated heterocycles. The van der Waals surface area contributed by atoms with Crippen molar-refractivity contribution in [1.82, 2.24) is 0 Å². The zero-order valence-corrected chi connectivity index (χ0v) is 10.3. The van der Waals surface area contributed by atoms with Crippen LogP contribution in [0, 0.1) is 0 Å². The molecule has 1 unspecified atom stereocenters. The fourth-order valence-corrected chi connectivity index (χ4v) is 1.50. The van der Waals surface area contributed by atoms with Gasteiger partial charge in [0.15, 0.2) is 6.54 Å². The van der Waals surface area contributed by atoms with E-state index >= 15 is 0 Å². The van der Waals surface area contributed by atoms with E-state index in [-0.39, 0.29) is 5.91 Å². The highest BCUT2D eigenvalue weighted by Gasteiger charge is 2.08. The lowest BCUT2D eigenvalue weighted by atomic mass is 10.3. The smallest absolute Gasteiger partial charge is 0.279 e. The van der Waals surface area contributed by atoms with Gasteiger partial charge in [-0.25, -0.2) is 0 Å². The second kappa shape index (κ2) is 6.70. The van der Waals surface area contributed by atoms with Crippen molar-refractivity contribution in [3.63, 3.8) is 0 Å². The lowest BCUT2D eigenvalue weighted by Gasteiger charge is -2.11. The fraction of sp³-hybridized carbons (Fsp3) is 0.308. The van der Waals surface area contributed by atoms with E-state index in [1.807, 2.05) is 25.2 Å². The summed E-state index contributed by atoms with van der Waals surface area (Å²) < 4.78 is 5.09. The summed E-state index contributed by atoms with van der Waals surface area (Å²) in [5, 5.41) is 2.83. The van der Waals surface area contributed by atoms with Crippen LogP contribution in [0.2, 0.25) is 0 Å². The van der Waals surface area contributed by atoms with Crippen molar-refractivity contribution in [3.8, 4) is 5.75 Å². The highest BCUT2D eigenvalue weighted by atomic mass is 16.5. The van der Waals surface area contributed by atoms with Crippen LogP contribution in [-0.4, -0.2) is 33.2 Å². The van der Waals surface area contributed by atoms with Gasteiger partial charge in [-0.1, -0.05) is 12.6 Å². The van der Waals surface area contributed by atoms with Crippen LogP contribution in [0.5, 0.6) is 5.75 Å². The Labute approximate surface area is 102 Å². The Morgan fingerprint density at radius 2 is 2.35 bits per heavy atom. The van der Waals surface area contributed by atoms with E-state index in [9.17, 15) is 4.79 Å². The summed E-state index contributed by atoms with van der Waals surface area (Å²) in [5.41, 5.74) is 0.751. The second-order valence-electron chi connectivity index (χ2n) is 3.91. The zero-order chi connectivity index (χ0) is 12.7. The van der Waals surface area contributed by atoms with Gasteiger partial charge in [-0.3, -0.25) is 4.79 Å². The zero-order valence-electron chi connectivity index (χ0n) is 10.3. The minimum atomic E-state index is -0.0161. The number of carbonyl (C=O) groups excluding carboxylic acids is 1. The number of ether oxygens (including phenoxy) is 1. The quantitative estimate of drug-likeness (QED) is 0.698. The molecule has 0 bridgehead atoms. The Morgan fingerprint density at radius 1 is 1.59 bits per heavy atom. The highest BCUT2D eigenvalue weighted by Crippen LogP contribution is 2.16. The van der Waals surface area contributed by atoms with Crippen LogP contribution < -0.4 is 15.0 Å². The van der Waals surface area contributed by atoms with E-state index in [0.29, 0.717) is 6.54 Å². The van der Waals surface area contributed by atoms with Crippen LogP contribution in [-0.2, 0) is 4.79 Å². The number of nitrogens with one attached hydrogen (secondary N) is 2. The number of benzene rings is 1. The molecule has 17 heavy (non-hydrogen) atoms. The van der Waals surface area contributed by atoms with Crippen LogP contribution in [0.25, 0.3) is 0 Å². The molecule has 0 saturated carbocycles. The van der Waals surface area contributed by atoms with Crippen LogP contribution in [0.15, 0.2) is 36.9 Å². The van der Waals surface area contributed by atoms with Crippen molar-refractivity contribution in [1.29, 1.82) is 0 Å². The first kappa shape index (κ1) is 13.3. The molecule has 0 aliphatic rings. The molecule has 0 heterocycles. The van der Waals surface area contributed by atoms with E-state index in [0.717, 1.165) is 22.9 Å². The van der Waals surface area contributed by atoms with E-state index in [2.05, 4.69) is 11.9 Å². The minimum Gasteiger partial charge on any atom is -0.497 e. The normalized spacial score (nSPS) is 11.6. The third kappa shape index (κ3) is 4.70. The van der Waals surface area contributed by atoms with Crippen LogP contribution >= 0.6 is 0 Å². The summed E-state index contributed by atoms with van der Waals surface area (Å²) in [6.07, 6.45) is 1.80. The van der Waals surface area contributed by atoms with Gasteiger partial charge in [0.25, 0.3) is 5.91 Å². The van der Waals surface area contributed by atoms with Crippen molar-refractivity contribution < 1.29 is 14.4 Å². The molecule has 1 rings (SSSR count). The van der Waals surface area contributed by atoms with Gasteiger partial charge in [0.2, 0.25) is 0 Å². The molecular weight excluding hydrogens is 216 g/mol. The number of rotatable bonds is 6. The maximum absolute atomic E-state index is 11.7. The number of anilines is 1. The lowest BCUT2D eigenvalue weighted by Crippen LogP contribution is -3.09. The first-order valence-electron chi connectivity index (χ1n) is 5.52. The molecule has 0 aromatic heterocycles. The topological polar surface area (TPSA) is 42.8 Å². The third-order valence-corrected chi connectivity index (χ3v) is 2.31. The molecule has 1 aromatic rings. The number of methoxy groups -OCH3 is 1. The molecule has 4 nitrogen and oxygen atoms in total. The average molecular weight is 235 g/mol. The van der Waals surface area contributed by atoms with Crippen molar-refractivity contribution in [2.24, 2.45) is 0 Å². The standard InChI is InChI=1S/C13H18N2O2/c1-4-8-15(2)10-13(16)14-11-6-5-7-12(9-11)17-3/h4-7,9H,1,8,10H2,2-3H3,(H,14,16)/p+1. The van der Waals surface area contributed by atoms with Gasteiger partial charge < -0.3 is 15.0 Å². The van der Waals surface area contributed by atoms with Gasteiger partial charge in [0.05, 0.1) is 20.7 Å². The van der Waals surface area contributed by atoms with Crippen molar-refractivity contribution >= 4 is 11.6 Å². The molecule has 0 aliphatic heterocycles. The van der Waals surface area contributed by atoms with E-state index in [1.165, 1.54) is 0 Å². The molecule has 0 fully saturated rings. The van der Waals surface area contributed by atoms with Crippen LogP contribution in [0.1, 0.15) is 0 Å². The summed E-state index contributed by atoms with van der Waals surface area (Å²) in [6.45, 7) is 4.83. The second-order valence-corrected chi connectivity index (χ2v) is 3.91. The molecule has 2 N–H and O–H groups in total. The van der Waals surface area contributed by atoms with Gasteiger partial charge in [-0.2, -0.15) is 0 Å². The Hall–Kier alpha value is -1.81. The molecule has 1 atom stereocenters. The van der Waals surface area contributed by atoms with Crippen molar-refractivity contribution in [3.05, 3.63) is 36.9 Å². The van der Waals surface area contributed by atoms with Gasteiger partial charge in [-0.05, 0) is 18.2 Å². The number of amides is 1. The molecule has 1 aromatic carbocycles. The number of likely N-dealkylation sites (N-methyl/N-ethyl adjacent to an activating group) is 1. The molecule has 1 amide bonds. The van der Waals surface area contributed by atoms with Crippen LogP contribution in [0.4, 0.5) is 5.69 Å². The number of hydrogen-bond acceptors (Lipinski definition) is 2. The molecule has 0 spiro atoms. The predicted octanol–water partition coefficient (Wildman–Crippen LogP) is 0.334. The SMILES string of the molecule is C=CC[NH+](C)CC(=O)Nc1cccc(OC)c1. The summed E-state index contributed by atoms with van der Waals surface area (Å²) in [6, 6.07) is 7.31. The Balaban J connectivity index is 2.52. The molecule has 0 aliphatic carbocycles. The molecular formula is C13H19N2O2+. The van der Waals surface area contributed by atoms with Gasteiger partial charge in [-0.15, -0.1) is 0 Å². The van der Waals surface area contributed by atoms with Gasteiger partial charge in [0.1, 0.15) is 5.75 Å². The van der Waals surface area contributed by atoms with Crippen molar-refractivity contribution in [2.45, 2.75) is 0 Å². The lowest BCUT2D eigenvalue weighted by molar-refractivity contribution is -0.864. The summed E-state index contributed by atoms with van der Waals surface area (Å²) in [7, 11) is 3.55. The monoisotopic (exact) mass is 235 g/mol. The van der Waals surface area contributed by atoms with Crippen LogP contribution in [0.3, 0.4) is 0 Å². The molecule has 92 valence electrons. The minimum absolute atomic E-state index is 0.0161. The van der Waals surface area contributed by atoms with Crippen molar-refractivity contribution in [2.75, 3.05) is 32.6 Å². The van der Waals surface area contributed by atoms with Gasteiger partial charge in [0, 0.05) is 11.8 Å². The predicted molar refractivity (Wildman–Crippen MR) is 68.4 cm³/mol. The van der Waals surface area contributed by atoms with E-state index < -0.39 is 0 Å². The molecule has 0 radical (unpaired) electrons. The number of carbonyl (C=O) groups is 1. The van der Waals surface area contributed by atoms with E-state index in [4.69, 9.17) is 4.74 Å². The molecule has 4 heteroatoms. The summed E-state index contributed by atoms with van der Waals surface area (Å²) in [5.74, 6) is 0.715. The third-order valence-electron chi connectivity index (χ3n) is 2.31. The van der Waals surface area contributed by atoms with E-state index in [1.54, 1.807) is 19.3 Å². The maximum Gasteiger partial charge on any atom is 0.279 e. The average Bonchev–Trinajstić information content (AvgIpc) is 2.29. The van der Waals surface area contributed by atoms with Gasteiger partial charge >= 0.3 is 0 Å². The first-order chi connectivity index (χ1) is 8.15. The number of hydrogen-bond donors (Lipinski definition) is 2. The Kier molecular flexibility index (Phi) is 5.23. The highest BCUT2D eigenvalue weighted by molar-refractivity contribution is 5.91. The maximum atomic E-state index is 11.7. The summed E-state index contributed by atoms with van der Waals surface area (Å²) in [4.78, 5) is 12.8. The number of quaternary nitrogens is 1. The largest absolute Gasteiger partial charge is 0.497 e.